The standard InChI is InChI=1S/C22H23FN2O3S/c1-28-22-9-6-17(14-21(22)23)16-24-10-12-25(13-11-24)29(26,27)20-8-7-18-4-2-3-5-19(18)15-20/h2-9,14-15H,10-13,16H2,1H3. The number of ether oxygens (including phenoxy) is 1. The van der Waals surface area contributed by atoms with E-state index in [4.69, 9.17) is 4.74 Å². The summed E-state index contributed by atoms with van der Waals surface area (Å²) in [5.41, 5.74) is 0.842. The van der Waals surface area contributed by atoms with Gasteiger partial charge in [0.25, 0.3) is 0 Å². The summed E-state index contributed by atoms with van der Waals surface area (Å²) in [4.78, 5) is 2.45. The monoisotopic (exact) mass is 414 g/mol. The number of halogens is 1. The van der Waals surface area contributed by atoms with Crippen LogP contribution in [0.25, 0.3) is 10.8 Å². The molecule has 7 heteroatoms. The van der Waals surface area contributed by atoms with E-state index < -0.39 is 10.0 Å². The van der Waals surface area contributed by atoms with Gasteiger partial charge in [0.15, 0.2) is 11.6 Å². The summed E-state index contributed by atoms with van der Waals surface area (Å²) in [6.07, 6.45) is 0. The number of hydrogen-bond donors (Lipinski definition) is 0. The Bertz CT molecular complexity index is 1130. The van der Waals surface area contributed by atoms with E-state index in [1.54, 1.807) is 18.2 Å². The third kappa shape index (κ3) is 4.12. The highest BCUT2D eigenvalue weighted by atomic mass is 32.2. The van der Waals surface area contributed by atoms with E-state index in [-0.39, 0.29) is 11.6 Å². The zero-order chi connectivity index (χ0) is 20.4. The molecule has 0 atom stereocenters. The van der Waals surface area contributed by atoms with Crippen LogP contribution in [-0.2, 0) is 16.6 Å². The second-order valence-electron chi connectivity index (χ2n) is 7.16. The Hall–Kier alpha value is -2.48. The molecule has 3 aromatic carbocycles. The van der Waals surface area contributed by atoms with Gasteiger partial charge >= 0.3 is 0 Å². The average Bonchev–Trinajstić information content (AvgIpc) is 2.74. The smallest absolute Gasteiger partial charge is 0.243 e. The molecule has 3 aromatic rings. The fraction of sp³-hybridized carbons (Fsp3) is 0.273. The summed E-state index contributed by atoms with van der Waals surface area (Å²) in [6.45, 7) is 2.59. The van der Waals surface area contributed by atoms with Crippen molar-refractivity contribution in [2.75, 3.05) is 33.3 Å². The molecule has 0 saturated carbocycles. The van der Waals surface area contributed by atoms with Crippen LogP contribution >= 0.6 is 0 Å². The SMILES string of the molecule is COc1ccc(CN2CCN(S(=O)(=O)c3ccc4ccccc4c3)CC2)cc1F. The van der Waals surface area contributed by atoms with Crippen molar-refractivity contribution in [3.63, 3.8) is 0 Å². The number of sulfonamides is 1. The number of hydrogen-bond acceptors (Lipinski definition) is 4. The summed E-state index contributed by atoms with van der Waals surface area (Å²) < 4.78 is 46.5. The lowest BCUT2D eigenvalue weighted by Gasteiger charge is -2.34. The summed E-state index contributed by atoms with van der Waals surface area (Å²) in [5, 5.41) is 1.93. The van der Waals surface area contributed by atoms with Crippen LogP contribution in [0.15, 0.2) is 65.6 Å². The minimum absolute atomic E-state index is 0.222. The van der Waals surface area contributed by atoms with E-state index in [9.17, 15) is 12.8 Å². The van der Waals surface area contributed by atoms with Crippen LogP contribution < -0.4 is 4.74 Å². The summed E-state index contributed by atoms with van der Waals surface area (Å²) >= 11 is 0. The van der Waals surface area contributed by atoms with Gasteiger partial charge in [-0.05, 0) is 40.6 Å². The maximum atomic E-state index is 13.9. The molecule has 4 rings (SSSR count). The Morgan fingerprint density at radius 3 is 2.34 bits per heavy atom. The minimum atomic E-state index is -3.54. The number of methoxy groups -OCH3 is 1. The summed E-state index contributed by atoms with van der Waals surface area (Å²) in [5.74, 6) is -0.164. The van der Waals surface area contributed by atoms with Crippen molar-refractivity contribution in [2.45, 2.75) is 11.4 Å². The Morgan fingerprint density at radius 1 is 0.931 bits per heavy atom. The molecule has 1 aliphatic heterocycles. The van der Waals surface area contributed by atoms with Gasteiger partial charge in [-0.3, -0.25) is 4.90 Å². The zero-order valence-electron chi connectivity index (χ0n) is 16.2. The number of nitrogens with zero attached hydrogens (tertiary/aromatic N) is 2. The minimum Gasteiger partial charge on any atom is -0.494 e. The molecule has 0 radical (unpaired) electrons. The molecule has 1 aliphatic rings. The highest BCUT2D eigenvalue weighted by Gasteiger charge is 2.28. The van der Waals surface area contributed by atoms with Crippen molar-refractivity contribution in [3.05, 3.63) is 72.0 Å². The highest BCUT2D eigenvalue weighted by Crippen LogP contribution is 2.24. The van der Waals surface area contributed by atoms with E-state index in [1.165, 1.54) is 17.5 Å². The normalized spacial score (nSPS) is 16.2. The maximum Gasteiger partial charge on any atom is 0.243 e. The Kier molecular flexibility index (Phi) is 5.54. The molecule has 0 N–H and O–H groups in total. The molecule has 0 aliphatic carbocycles. The predicted octanol–water partition coefficient (Wildman–Crippen LogP) is 3.49. The highest BCUT2D eigenvalue weighted by molar-refractivity contribution is 7.89. The van der Waals surface area contributed by atoms with E-state index in [2.05, 4.69) is 4.90 Å². The van der Waals surface area contributed by atoms with Gasteiger partial charge < -0.3 is 4.74 Å². The van der Waals surface area contributed by atoms with Crippen molar-refractivity contribution >= 4 is 20.8 Å². The molecule has 5 nitrogen and oxygen atoms in total. The number of rotatable bonds is 5. The first kappa shape index (κ1) is 19.8. The molecule has 152 valence electrons. The first-order chi connectivity index (χ1) is 14.0. The van der Waals surface area contributed by atoms with E-state index in [0.717, 1.165) is 16.3 Å². The molecule has 0 bridgehead atoms. The van der Waals surface area contributed by atoms with Crippen molar-refractivity contribution in [1.82, 2.24) is 9.21 Å². The third-order valence-corrected chi connectivity index (χ3v) is 7.21. The van der Waals surface area contributed by atoms with Crippen LogP contribution in [0.4, 0.5) is 4.39 Å². The Labute approximate surface area is 170 Å². The molecular weight excluding hydrogens is 391 g/mol. The topological polar surface area (TPSA) is 49.9 Å². The lowest BCUT2D eigenvalue weighted by molar-refractivity contribution is 0.181. The second kappa shape index (κ2) is 8.10. The summed E-state index contributed by atoms with van der Waals surface area (Å²) in [7, 11) is -2.10. The molecule has 0 amide bonds. The largest absolute Gasteiger partial charge is 0.494 e. The van der Waals surface area contributed by atoms with Gasteiger partial charge in [0.1, 0.15) is 0 Å². The van der Waals surface area contributed by atoms with Crippen LogP contribution in [0.5, 0.6) is 5.75 Å². The van der Waals surface area contributed by atoms with Crippen LogP contribution in [0, 0.1) is 5.82 Å². The van der Waals surface area contributed by atoms with Gasteiger partial charge in [0.2, 0.25) is 10.0 Å². The Balaban J connectivity index is 1.43. The molecule has 0 spiro atoms. The Morgan fingerprint density at radius 2 is 1.66 bits per heavy atom. The van der Waals surface area contributed by atoms with E-state index in [1.807, 2.05) is 36.4 Å². The number of benzene rings is 3. The van der Waals surface area contributed by atoms with Crippen molar-refractivity contribution in [2.24, 2.45) is 0 Å². The second-order valence-corrected chi connectivity index (χ2v) is 9.10. The van der Waals surface area contributed by atoms with Gasteiger partial charge in [0.05, 0.1) is 12.0 Å². The first-order valence-electron chi connectivity index (χ1n) is 9.51. The lowest BCUT2D eigenvalue weighted by Crippen LogP contribution is -2.48. The molecule has 0 unspecified atom stereocenters. The molecule has 0 aromatic heterocycles. The molecule has 1 saturated heterocycles. The van der Waals surface area contributed by atoms with Gasteiger partial charge in [-0.15, -0.1) is 0 Å². The number of fused-ring (bicyclic) bond motifs is 1. The van der Waals surface area contributed by atoms with Gasteiger partial charge in [0, 0.05) is 32.7 Å². The van der Waals surface area contributed by atoms with Crippen LogP contribution in [0.1, 0.15) is 5.56 Å². The van der Waals surface area contributed by atoms with E-state index in [0.29, 0.717) is 37.6 Å². The zero-order valence-corrected chi connectivity index (χ0v) is 17.0. The van der Waals surface area contributed by atoms with Crippen LogP contribution in [0.2, 0.25) is 0 Å². The first-order valence-corrected chi connectivity index (χ1v) is 10.9. The fourth-order valence-electron chi connectivity index (χ4n) is 3.67. The van der Waals surface area contributed by atoms with Crippen LogP contribution in [0.3, 0.4) is 0 Å². The molecule has 29 heavy (non-hydrogen) atoms. The molecule has 1 fully saturated rings. The number of piperazine rings is 1. The summed E-state index contributed by atoms with van der Waals surface area (Å²) in [6, 6.07) is 17.9. The van der Waals surface area contributed by atoms with Crippen molar-refractivity contribution in [1.29, 1.82) is 0 Å². The third-order valence-electron chi connectivity index (χ3n) is 5.31. The lowest BCUT2D eigenvalue weighted by atomic mass is 10.1. The van der Waals surface area contributed by atoms with Gasteiger partial charge in [-0.25, -0.2) is 12.8 Å². The van der Waals surface area contributed by atoms with Crippen molar-refractivity contribution < 1.29 is 17.5 Å². The predicted molar refractivity (Wildman–Crippen MR) is 111 cm³/mol. The molecular formula is C22H23FN2O3S. The fourth-order valence-corrected chi connectivity index (χ4v) is 5.13. The average molecular weight is 415 g/mol. The quantitative estimate of drug-likeness (QED) is 0.641. The maximum absolute atomic E-state index is 13.9. The van der Waals surface area contributed by atoms with E-state index >= 15 is 0 Å². The van der Waals surface area contributed by atoms with Crippen LogP contribution in [-0.4, -0.2) is 50.9 Å². The van der Waals surface area contributed by atoms with Gasteiger partial charge in [-0.2, -0.15) is 4.31 Å². The van der Waals surface area contributed by atoms with Crippen molar-refractivity contribution in [3.8, 4) is 5.75 Å². The molecule has 1 heterocycles. The van der Waals surface area contributed by atoms with Gasteiger partial charge in [-0.1, -0.05) is 36.4 Å².